The van der Waals surface area contributed by atoms with E-state index in [-0.39, 0.29) is 11.8 Å². The van der Waals surface area contributed by atoms with Crippen molar-refractivity contribution in [1.82, 2.24) is 19.6 Å². The zero-order valence-electron chi connectivity index (χ0n) is 18.3. The maximum atomic E-state index is 11.1. The number of aliphatic carboxylic acids is 1. The Morgan fingerprint density at radius 1 is 1.06 bits per heavy atom. The van der Waals surface area contributed by atoms with Crippen LogP contribution in [-0.2, 0) is 4.79 Å². The number of pyridine rings is 1. The van der Waals surface area contributed by atoms with Crippen LogP contribution in [0, 0.1) is 5.92 Å². The minimum Gasteiger partial charge on any atom is -0.479 e. The molecule has 4 N–H and O–H groups in total. The van der Waals surface area contributed by atoms with Crippen molar-refractivity contribution < 1.29 is 15.0 Å². The molecule has 8 nitrogen and oxygen atoms in total. The van der Waals surface area contributed by atoms with E-state index in [4.69, 9.17) is 15.8 Å². The molecule has 3 aromatic heterocycles. The Morgan fingerprint density at radius 3 is 2.44 bits per heavy atom. The lowest BCUT2D eigenvalue weighted by molar-refractivity contribution is -0.150. The Labute approximate surface area is 204 Å². The second-order valence-electron chi connectivity index (χ2n) is 8.68. The van der Waals surface area contributed by atoms with Crippen LogP contribution in [0.15, 0.2) is 59.3 Å². The topological polar surface area (TPSA) is 127 Å². The van der Waals surface area contributed by atoms with Crippen LogP contribution in [0.1, 0.15) is 37.3 Å². The lowest BCUT2D eigenvalue weighted by Gasteiger charge is -2.30. The first-order valence-electron chi connectivity index (χ1n) is 11.2. The van der Waals surface area contributed by atoms with E-state index in [0.29, 0.717) is 28.8 Å². The summed E-state index contributed by atoms with van der Waals surface area (Å²) in [5, 5.41) is 23.5. The van der Waals surface area contributed by atoms with Crippen LogP contribution in [0.3, 0.4) is 0 Å². The molecule has 1 fully saturated rings. The molecule has 1 aromatic carbocycles. The molecule has 9 heteroatoms. The van der Waals surface area contributed by atoms with Gasteiger partial charge >= 0.3 is 5.97 Å². The number of carboxylic acid groups (broad SMARTS) is 1. The van der Waals surface area contributed by atoms with Gasteiger partial charge in [0.15, 0.2) is 11.8 Å². The van der Waals surface area contributed by atoms with E-state index in [1.165, 1.54) is 0 Å². The third-order valence-corrected chi connectivity index (χ3v) is 7.46. The van der Waals surface area contributed by atoms with E-state index < -0.39 is 12.1 Å². The summed E-state index contributed by atoms with van der Waals surface area (Å²) in [5.74, 6) is -0.828. The molecular formula is C25H24BrN5O3. The molecule has 3 heterocycles. The van der Waals surface area contributed by atoms with Crippen molar-refractivity contribution in [2.75, 3.05) is 5.73 Å². The van der Waals surface area contributed by atoms with Crippen LogP contribution in [0.25, 0.3) is 28.0 Å². The first-order valence-corrected chi connectivity index (χ1v) is 12.0. The van der Waals surface area contributed by atoms with Gasteiger partial charge in [0, 0.05) is 28.8 Å². The summed E-state index contributed by atoms with van der Waals surface area (Å²) >= 11 is 3.60. The lowest BCUT2D eigenvalue weighted by atomic mass is 9.78. The standard InChI is InChI=1S/C25H24BrN5O3/c26-20-21(15-6-8-16(9-7-15)22(32)25(33)34)30-24-18(13-29-31(24)23(20)27)17-10-11-19(28-12-17)14-4-2-1-3-5-14/h1-5,10-13,15-16,22,32H,6-9,27H2,(H,33,34)/t15-,16-,22-/m0/s1. The third-order valence-electron chi connectivity index (χ3n) is 6.65. The fourth-order valence-electron chi connectivity index (χ4n) is 4.73. The number of nitrogens with zero attached hydrogens (tertiary/aromatic N) is 4. The fourth-order valence-corrected chi connectivity index (χ4v) is 5.31. The molecule has 0 amide bonds. The molecule has 5 rings (SSSR count). The summed E-state index contributed by atoms with van der Waals surface area (Å²) in [6.07, 6.45) is 4.94. The second-order valence-corrected chi connectivity index (χ2v) is 9.48. The zero-order valence-corrected chi connectivity index (χ0v) is 19.9. The number of anilines is 1. The smallest absolute Gasteiger partial charge is 0.332 e. The van der Waals surface area contributed by atoms with Gasteiger partial charge in [-0.1, -0.05) is 36.4 Å². The molecule has 0 spiro atoms. The zero-order chi connectivity index (χ0) is 23.8. The maximum Gasteiger partial charge on any atom is 0.332 e. The molecule has 1 atom stereocenters. The van der Waals surface area contributed by atoms with Gasteiger partial charge in [-0.25, -0.2) is 9.78 Å². The van der Waals surface area contributed by atoms with Crippen molar-refractivity contribution in [2.24, 2.45) is 5.92 Å². The number of hydrogen-bond donors (Lipinski definition) is 3. The average Bonchev–Trinajstić information content (AvgIpc) is 3.30. The number of aliphatic hydroxyl groups is 1. The van der Waals surface area contributed by atoms with E-state index in [1.54, 1.807) is 10.7 Å². The summed E-state index contributed by atoms with van der Waals surface area (Å²) in [6.45, 7) is 0. The molecule has 1 aliphatic carbocycles. The van der Waals surface area contributed by atoms with Gasteiger partial charge in [-0.05, 0) is 53.6 Å². The number of fused-ring (bicyclic) bond motifs is 1. The van der Waals surface area contributed by atoms with E-state index in [1.807, 2.05) is 48.7 Å². The van der Waals surface area contributed by atoms with E-state index in [9.17, 15) is 9.90 Å². The molecule has 174 valence electrons. The Kier molecular flexibility index (Phi) is 6.05. The maximum absolute atomic E-state index is 11.1. The summed E-state index contributed by atoms with van der Waals surface area (Å²) < 4.78 is 2.32. The SMILES string of the molecule is Nc1c(Br)c([C@H]2CC[C@H]([C@H](O)C(=O)O)CC2)nc2c(-c3ccc(-c4ccccc4)nc3)cnn12. The quantitative estimate of drug-likeness (QED) is 0.352. The van der Waals surface area contributed by atoms with E-state index in [2.05, 4.69) is 26.0 Å². The van der Waals surface area contributed by atoms with Gasteiger partial charge in [0.25, 0.3) is 0 Å². The first kappa shape index (κ1) is 22.5. The van der Waals surface area contributed by atoms with Crippen LogP contribution >= 0.6 is 15.9 Å². The summed E-state index contributed by atoms with van der Waals surface area (Å²) in [4.78, 5) is 20.7. The number of nitrogen functional groups attached to an aromatic ring is 1. The predicted molar refractivity (Wildman–Crippen MR) is 132 cm³/mol. The number of halogens is 1. The minimum atomic E-state index is -1.32. The van der Waals surface area contributed by atoms with Crippen LogP contribution in [-0.4, -0.2) is 41.9 Å². The molecule has 1 saturated carbocycles. The van der Waals surface area contributed by atoms with Crippen molar-refractivity contribution >= 4 is 33.4 Å². The highest BCUT2D eigenvalue weighted by Gasteiger charge is 2.33. The van der Waals surface area contributed by atoms with Crippen LogP contribution in [0.5, 0.6) is 0 Å². The van der Waals surface area contributed by atoms with Gasteiger partial charge in [0.2, 0.25) is 0 Å². The lowest BCUT2D eigenvalue weighted by Crippen LogP contribution is -2.32. The van der Waals surface area contributed by atoms with Gasteiger partial charge in [0.05, 0.1) is 22.1 Å². The Bertz CT molecular complexity index is 1330. The third kappa shape index (κ3) is 4.05. The van der Waals surface area contributed by atoms with Gasteiger partial charge in [-0.15, -0.1) is 0 Å². The highest BCUT2D eigenvalue weighted by Crippen LogP contribution is 2.41. The molecule has 34 heavy (non-hydrogen) atoms. The monoisotopic (exact) mass is 521 g/mol. The predicted octanol–water partition coefficient (Wildman–Crippen LogP) is 4.52. The number of carbonyl (C=O) groups is 1. The van der Waals surface area contributed by atoms with Gasteiger partial charge in [-0.3, -0.25) is 4.98 Å². The number of aliphatic hydroxyl groups excluding tert-OH is 1. The summed E-state index contributed by atoms with van der Waals surface area (Å²) in [5.41, 5.74) is 11.6. The fraction of sp³-hybridized carbons (Fsp3) is 0.280. The van der Waals surface area contributed by atoms with Gasteiger partial charge in [-0.2, -0.15) is 9.61 Å². The Balaban J connectivity index is 1.46. The molecular weight excluding hydrogens is 498 g/mol. The van der Waals surface area contributed by atoms with Crippen molar-refractivity contribution in [2.45, 2.75) is 37.7 Å². The first-order chi connectivity index (χ1) is 16.4. The number of hydrogen-bond acceptors (Lipinski definition) is 6. The summed E-state index contributed by atoms with van der Waals surface area (Å²) in [7, 11) is 0. The molecule has 0 bridgehead atoms. The Morgan fingerprint density at radius 2 is 1.79 bits per heavy atom. The van der Waals surface area contributed by atoms with E-state index in [0.717, 1.165) is 40.9 Å². The van der Waals surface area contributed by atoms with Crippen LogP contribution < -0.4 is 5.73 Å². The molecule has 4 aromatic rings. The highest BCUT2D eigenvalue weighted by molar-refractivity contribution is 9.10. The van der Waals surface area contributed by atoms with Gasteiger partial charge in [0.1, 0.15) is 5.82 Å². The number of nitrogens with two attached hydrogens (primary N) is 1. The number of aromatic nitrogens is 4. The molecule has 0 saturated heterocycles. The second kappa shape index (κ2) is 9.15. The number of rotatable bonds is 5. The largest absolute Gasteiger partial charge is 0.479 e. The average molecular weight is 522 g/mol. The number of benzene rings is 1. The van der Waals surface area contributed by atoms with Crippen molar-refractivity contribution in [3.63, 3.8) is 0 Å². The molecule has 1 aliphatic rings. The highest BCUT2D eigenvalue weighted by atomic mass is 79.9. The van der Waals surface area contributed by atoms with Crippen LogP contribution in [0.2, 0.25) is 0 Å². The van der Waals surface area contributed by atoms with Gasteiger partial charge < -0.3 is 15.9 Å². The summed E-state index contributed by atoms with van der Waals surface area (Å²) in [6, 6.07) is 14.0. The Hall–Kier alpha value is -3.30. The van der Waals surface area contributed by atoms with Crippen molar-refractivity contribution in [3.8, 4) is 22.4 Å². The minimum absolute atomic E-state index is 0.111. The number of carboxylic acids is 1. The normalized spacial score (nSPS) is 19.2. The van der Waals surface area contributed by atoms with Crippen molar-refractivity contribution in [3.05, 3.63) is 65.0 Å². The molecule has 0 radical (unpaired) electrons. The molecule has 0 aliphatic heterocycles. The van der Waals surface area contributed by atoms with E-state index >= 15 is 0 Å². The molecule has 0 unspecified atom stereocenters. The van der Waals surface area contributed by atoms with Crippen LogP contribution in [0.4, 0.5) is 5.82 Å². The van der Waals surface area contributed by atoms with Crippen molar-refractivity contribution in [1.29, 1.82) is 0 Å².